The third-order valence-corrected chi connectivity index (χ3v) is 1.75. The van der Waals surface area contributed by atoms with E-state index in [1.165, 1.54) is 0 Å². The van der Waals surface area contributed by atoms with Gasteiger partial charge >= 0.3 is 5.97 Å². The van der Waals surface area contributed by atoms with Crippen molar-refractivity contribution in [2.45, 2.75) is 12.6 Å². The summed E-state index contributed by atoms with van der Waals surface area (Å²) in [5, 5.41) is 11.1. The normalized spacial score (nSPS) is 25.7. The second kappa shape index (κ2) is 4.51. The van der Waals surface area contributed by atoms with Gasteiger partial charge in [0.15, 0.2) is 0 Å². The van der Waals surface area contributed by atoms with Crippen molar-refractivity contribution in [2.24, 2.45) is 5.92 Å². The van der Waals surface area contributed by atoms with Crippen LogP contribution in [-0.4, -0.2) is 30.3 Å². The molecule has 1 heterocycles. The van der Waals surface area contributed by atoms with E-state index in [-0.39, 0.29) is 18.3 Å². The van der Waals surface area contributed by atoms with E-state index in [0.717, 1.165) is 6.54 Å². The van der Waals surface area contributed by atoms with E-state index in [4.69, 9.17) is 5.11 Å². The lowest BCUT2D eigenvalue weighted by Gasteiger charge is -2.08. The number of hydrogen-bond donors (Lipinski definition) is 2. The number of alkyl halides is 1. The van der Waals surface area contributed by atoms with Crippen LogP contribution in [0.15, 0.2) is 0 Å². The van der Waals surface area contributed by atoms with E-state index in [1.807, 2.05) is 0 Å². The molecule has 3 nitrogen and oxygen atoms in total. The Morgan fingerprint density at radius 2 is 2.36 bits per heavy atom. The van der Waals surface area contributed by atoms with E-state index in [2.05, 4.69) is 5.32 Å². The molecule has 11 heavy (non-hydrogen) atoms. The molecule has 0 amide bonds. The summed E-state index contributed by atoms with van der Waals surface area (Å²) in [4.78, 5) is 10.1. The fourth-order valence-electron chi connectivity index (χ4n) is 1.13. The first-order valence-electron chi connectivity index (χ1n) is 3.29. The Hall–Kier alpha value is -0.350. The van der Waals surface area contributed by atoms with Crippen molar-refractivity contribution in [3.63, 3.8) is 0 Å². The van der Waals surface area contributed by atoms with Gasteiger partial charge in [-0.05, 0) is 13.0 Å². The van der Waals surface area contributed by atoms with Gasteiger partial charge in [0.25, 0.3) is 0 Å². The molecule has 1 fully saturated rings. The molecule has 66 valence electrons. The van der Waals surface area contributed by atoms with Gasteiger partial charge in [0.2, 0.25) is 6.17 Å². The molecular formula is C6H11ClFNO2. The molecule has 1 aliphatic rings. The van der Waals surface area contributed by atoms with Crippen LogP contribution in [0.2, 0.25) is 0 Å². The zero-order chi connectivity index (χ0) is 7.56. The maximum absolute atomic E-state index is 12.6. The van der Waals surface area contributed by atoms with Gasteiger partial charge in [0, 0.05) is 12.5 Å². The van der Waals surface area contributed by atoms with Gasteiger partial charge in [-0.2, -0.15) is 0 Å². The van der Waals surface area contributed by atoms with Crippen molar-refractivity contribution in [2.75, 3.05) is 13.1 Å². The van der Waals surface area contributed by atoms with Crippen LogP contribution in [0.4, 0.5) is 4.39 Å². The first-order valence-corrected chi connectivity index (χ1v) is 3.29. The van der Waals surface area contributed by atoms with Crippen molar-refractivity contribution in [1.29, 1.82) is 0 Å². The number of carboxylic acid groups (broad SMARTS) is 1. The van der Waals surface area contributed by atoms with Crippen molar-refractivity contribution in [3.05, 3.63) is 0 Å². The van der Waals surface area contributed by atoms with E-state index in [1.54, 1.807) is 0 Å². The summed E-state index contributed by atoms with van der Waals surface area (Å²) in [7, 11) is 0. The van der Waals surface area contributed by atoms with E-state index >= 15 is 0 Å². The number of aliphatic carboxylic acids is 1. The Morgan fingerprint density at radius 1 is 1.73 bits per heavy atom. The van der Waals surface area contributed by atoms with Crippen LogP contribution in [0, 0.1) is 5.92 Å². The molecule has 1 rings (SSSR count). The van der Waals surface area contributed by atoms with Crippen LogP contribution >= 0.6 is 12.4 Å². The van der Waals surface area contributed by atoms with Crippen molar-refractivity contribution < 1.29 is 14.3 Å². The number of halogens is 2. The first-order chi connectivity index (χ1) is 4.72. The topological polar surface area (TPSA) is 49.3 Å². The fourth-order valence-corrected chi connectivity index (χ4v) is 1.13. The molecule has 0 aliphatic carbocycles. The first kappa shape index (κ1) is 10.7. The van der Waals surface area contributed by atoms with Crippen molar-refractivity contribution in [3.8, 4) is 0 Å². The van der Waals surface area contributed by atoms with Gasteiger partial charge in [-0.3, -0.25) is 0 Å². The largest absolute Gasteiger partial charge is 0.479 e. The number of rotatable bonds is 2. The minimum absolute atomic E-state index is 0. The molecule has 1 saturated heterocycles. The molecule has 0 saturated carbocycles. The minimum Gasteiger partial charge on any atom is -0.479 e. The predicted octanol–water partition coefficient (Wildman–Crippen LogP) is 0.440. The summed E-state index contributed by atoms with van der Waals surface area (Å²) in [5.41, 5.74) is 0. The second-order valence-electron chi connectivity index (χ2n) is 2.49. The van der Waals surface area contributed by atoms with Gasteiger partial charge < -0.3 is 10.4 Å². The summed E-state index contributed by atoms with van der Waals surface area (Å²) in [6, 6.07) is 0. The lowest BCUT2D eigenvalue weighted by atomic mass is 10.0. The fraction of sp³-hybridized carbons (Fsp3) is 0.833. The highest BCUT2D eigenvalue weighted by atomic mass is 35.5. The molecule has 2 atom stereocenters. The molecular weight excluding hydrogens is 173 g/mol. The zero-order valence-electron chi connectivity index (χ0n) is 5.92. The smallest absolute Gasteiger partial charge is 0.338 e. The van der Waals surface area contributed by atoms with Crippen LogP contribution in [-0.2, 0) is 4.79 Å². The molecule has 2 N–H and O–H groups in total. The highest BCUT2D eigenvalue weighted by Crippen LogP contribution is 2.15. The summed E-state index contributed by atoms with van der Waals surface area (Å²) < 4.78 is 12.6. The second-order valence-corrected chi connectivity index (χ2v) is 2.49. The predicted molar refractivity (Wildman–Crippen MR) is 40.8 cm³/mol. The maximum atomic E-state index is 12.6. The minimum atomic E-state index is -1.69. The summed E-state index contributed by atoms with van der Waals surface area (Å²) in [6.07, 6.45) is -1.05. The van der Waals surface area contributed by atoms with Crippen molar-refractivity contribution in [1.82, 2.24) is 5.32 Å². The Kier molecular flexibility index (Phi) is 4.37. The third-order valence-electron chi connectivity index (χ3n) is 1.75. The molecule has 0 aromatic heterocycles. The van der Waals surface area contributed by atoms with Gasteiger partial charge in [0.05, 0.1) is 0 Å². The van der Waals surface area contributed by atoms with Crippen LogP contribution < -0.4 is 5.32 Å². The van der Waals surface area contributed by atoms with E-state index in [9.17, 15) is 9.18 Å². The average molecular weight is 184 g/mol. The molecule has 2 unspecified atom stereocenters. The van der Waals surface area contributed by atoms with Crippen LogP contribution in [0.3, 0.4) is 0 Å². The average Bonchev–Trinajstić information content (AvgIpc) is 2.36. The summed E-state index contributed by atoms with van der Waals surface area (Å²) in [6.45, 7) is 1.23. The highest BCUT2D eigenvalue weighted by Gasteiger charge is 2.29. The number of carboxylic acids is 1. The third kappa shape index (κ3) is 2.63. The summed E-state index contributed by atoms with van der Waals surface area (Å²) in [5.74, 6) is -1.66. The molecule has 0 radical (unpaired) electrons. The van der Waals surface area contributed by atoms with Gasteiger partial charge in [0.1, 0.15) is 0 Å². The highest BCUT2D eigenvalue weighted by molar-refractivity contribution is 5.85. The monoisotopic (exact) mass is 183 g/mol. The standard InChI is InChI=1S/C6H10FNO2.ClH/c7-5(6(9)10)4-1-2-8-3-4;/h4-5,8H,1-3H2,(H,9,10);1H. The molecule has 0 aromatic carbocycles. The van der Waals surface area contributed by atoms with E-state index < -0.39 is 12.1 Å². The molecule has 0 bridgehead atoms. The lowest BCUT2D eigenvalue weighted by Crippen LogP contribution is -2.26. The van der Waals surface area contributed by atoms with Crippen LogP contribution in [0.1, 0.15) is 6.42 Å². The summed E-state index contributed by atoms with van der Waals surface area (Å²) >= 11 is 0. The molecule has 0 aromatic rings. The lowest BCUT2D eigenvalue weighted by molar-refractivity contribution is -0.144. The van der Waals surface area contributed by atoms with E-state index in [0.29, 0.717) is 13.0 Å². The van der Waals surface area contributed by atoms with Crippen LogP contribution in [0.5, 0.6) is 0 Å². The Morgan fingerprint density at radius 3 is 2.73 bits per heavy atom. The number of carbonyl (C=O) groups is 1. The Bertz CT molecular complexity index is 139. The SMILES string of the molecule is Cl.O=C(O)C(F)C1CCNC1. The molecule has 5 heteroatoms. The maximum Gasteiger partial charge on any atom is 0.338 e. The van der Waals surface area contributed by atoms with Crippen LogP contribution in [0.25, 0.3) is 0 Å². The Balaban J connectivity index is 0.000001000. The Labute approximate surface area is 70.4 Å². The number of hydrogen-bond acceptors (Lipinski definition) is 2. The zero-order valence-corrected chi connectivity index (χ0v) is 6.73. The number of nitrogens with one attached hydrogen (secondary N) is 1. The quantitative estimate of drug-likeness (QED) is 0.653. The van der Waals surface area contributed by atoms with Gasteiger partial charge in [-0.25, -0.2) is 9.18 Å². The molecule has 0 spiro atoms. The van der Waals surface area contributed by atoms with Gasteiger partial charge in [-0.1, -0.05) is 0 Å². The molecule has 1 aliphatic heterocycles. The van der Waals surface area contributed by atoms with Crippen molar-refractivity contribution >= 4 is 18.4 Å². The van der Waals surface area contributed by atoms with Gasteiger partial charge in [-0.15, -0.1) is 12.4 Å².